The predicted molar refractivity (Wildman–Crippen MR) is 104 cm³/mol. The number of ether oxygens (including phenoxy) is 1. The first-order valence-corrected chi connectivity index (χ1v) is 9.93. The molecule has 0 spiro atoms. The Labute approximate surface area is 155 Å². The molecule has 0 unspecified atom stereocenters. The molecule has 0 atom stereocenters. The number of aromatic nitrogens is 2. The van der Waals surface area contributed by atoms with Crippen LogP contribution in [0.25, 0.3) is 10.2 Å². The van der Waals surface area contributed by atoms with Crippen LogP contribution in [0.15, 0.2) is 29.3 Å². The first kappa shape index (κ1) is 17.9. The molecule has 0 aliphatic carbocycles. The van der Waals surface area contributed by atoms with Crippen LogP contribution < -0.4 is 4.74 Å². The number of thiophene rings is 1. The largest absolute Gasteiger partial charge is 0.494 e. The standard InChI is InChI=1S/C19H20N2O2S2/c1-5-23-15-8-6-14(7-9-15)16(22)10-24-18-17-11(2)12(3)25-19(17)21-13(4)20-18/h6-9H,5,10H2,1-4H3. The minimum atomic E-state index is 0.0852. The Kier molecular flexibility index (Phi) is 5.39. The fourth-order valence-corrected chi connectivity index (χ4v) is 4.70. The fraction of sp³-hybridized carbons (Fsp3) is 0.316. The SMILES string of the molecule is CCOc1ccc(C(=O)CSc2nc(C)nc3sc(C)c(C)c23)cc1. The zero-order valence-electron chi connectivity index (χ0n) is 14.8. The highest BCUT2D eigenvalue weighted by Crippen LogP contribution is 2.35. The van der Waals surface area contributed by atoms with E-state index in [1.807, 2.05) is 38.1 Å². The summed E-state index contributed by atoms with van der Waals surface area (Å²) < 4.78 is 5.41. The molecule has 25 heavy (non-hydrogen) atoms. The van der Waals surface area contributed by atoms with Crippen LogP contribution in [0.3, 0.4) is 0 Å². The highest BCUT2D eigenvalue weighted by molar-refractivity contribution is 8.00. The number of hydrogen-bond acceptors (Lipinski definition) is 6. The number of benzene rings is 1. The number of hydrogen-bond donors (Lipinski definition) is 0. The Morgan fingerprint density at radius 3 is 2.56 bits per heavy atom. The van der Waals surface area contributed by atoms with E-state index in [0.29, 0.717) is 17.9 Å². The van der Waals surface area contributed by atoms with E-state index < -0.39 is 0 Å². The van der Waals surface area contributed by atoms with Crippen molar-refractivity contribution in [2.75, 3.05) is 12.4 Å². The van der Waals surface area contributed by atoms with Gasteiger partial charge in [0.05, 0.1) is 12.4 Å². The second-order valence-corrected chi connectivity index (χ2v) is 7.88. The number of carbonyl (C=O) groups is 1. The maximum absolute atomic E-state index is 12.5. The van der Waals surface area contributed by atoms with E-state index >= 15 is 0 Å². The van der Waals surface area contributed by atoms with E-state index in [1.165, 1.54) is 22.2 Å². The van der Waals surface area contributed by atoms with Crippen LogP contribution in [0, 0.1) is 20.8 Å². The first-order chi connectivity index (χ1) is 12.0. The molecule has 0 fully saturated rings. The molecular weight excluding hydrogens is 352 g/mol. The lowest BCUT2D eigenvalue weighted by molar-refractivity contribution is 0.102. The van der Waals surface area contributed by atoms with Gasteiger partial charge in [0.25, 0.3) is 0 Å². The smallest absolute Gasteiger partial charge is 0.173 e. The summed E-state index contributed by atoms with van der Waals surface area (Å²) in [6.45, 7) is 8.63. The van der Waals surface area contributed by atoms with Crippen LogP contribution in [0.2, 0.25) is 0 Å². The van der Waals surface area contributed by atoms with Crippen molar-refractivity contribution in [3.63, 3.8) is 0 Å². The minimum Gasteiger partial charge on any atom is -0.494 e. The third-order valence-corrected chi connectivity index (χ3v) is 6.01. The summed E-state index contributed by atoms with van der Waals surface area (Å²) in [5, 5.41) is 1.97. The fourth-order valence-electron chi connectivity index (χ4n) is 2.54. The molecule has 0 N–H and O–H groups in total. The third-order valence-electron chi connectivity index (χ3n) is 3.93. The van der Waals surface area contributed by atoms with E-state index in [4.69, 9.17) is 4.74 Å². The zero-order valence-corrected chi connectivity index (χ0v) is 16.4. The number of rotatable bonds is 6. The highest BCUT2D eigenvalue weighted by atomic mass is 32.2. The summed E-state index contributed by atoms with van der Waals surface area (Å²) in [5.41, 5.74) is 1.90. The van der Waals surface area contributed by atoms with Crippen molar-refractivity contribution in [2.45, 2.75) is 32.7 Å². The lowest BCUT2D eigenvalue weighted by Crippen LogP contribution is -2.03. The van der Waals surface area contributed by atoms with E-state index in [2.05, 4.69) is 23.8 Å². The second kappa shape index (κ2) is 7.54. The van der Waals surface area contributed by atoms with Crippen molar-refractivity contribution < 1.29 is 9.53 Å². The van der Waals surface area contributed by atoms with Gasteiger partial charge in [-0.25, -0.2) is 9.97 Å². The Balaban J connectivity index is 1.79. The number of ketones is 1. The monoisotopic (exact) mass is 372 g/mol. The lowest BCUT2D eigenvalue weighted by atomic mass is 10.1. The molecule has 0 saturated carbocycles. The molecule has 0 bridgehead atoms. The van der Waals surface area contributed by atoms with Crippen molar-refractivity contribution in [2.24, 2.45) is 0 Å². The molecule has 0 saturated heterocycles. The number of nitrogens with zero attached hydrogens (tertiary/aromatic N) is 2. The first-order valence-electron chi connectivity index (χ1n) is 8.12. The molecule has 1 aromatic carbocycles. The molecular formula is C19H20N2O2S2. The van der Waals surface area contributed by atoms with Gasteiger partial charge in [0.15, 0.2) is 5.78 Å². The summed E-state index contributed by atoms with van der Waals surface area (Å²) in [4.78, 5) is 23.8. The topological polar surface area (TPSA) is 52.1 Å². The van der Waals surface area contributed by atoms with Gasteiger partial charge in [0, 0.05) is 15.8 Å². The van der Waals surface area contributed by atoms with Crippen LogP contribution in [0.1, 0.15) is 33.5 Å². The zero-order chi connectivity index (χ0) is 18.0. The predicted octanol–water partition coefficient (Wildman–Crippen LogP) is 4.99. The van der Waals surface area contributed by atoms with Crippen LogP contribution in [0.5, 0.6) is 5.75 Å². The van der Waals surface area contributed by atoms with E-state index in [0.717, 1.165) is 26.8 Å². The molecule has 0 amide bonds. The molecule has 130 valence electrons. The molecule has 3 rings (SSSR count). The molecule has 0 aliphatic heterocycles. The van der Waals surface area contributed by atoms with Gasteiger partial charge in [-0.05, 0) is 57.5 Å². The van der Waals surface area contributed by atoms with Gasteiger partial charge in [0.2, 0.25) is 0 Å². The molecule has 6 heteroatoms. The van der Waals surface area contributed by atoms with E-state index in [1.54, 1.807) is 11.3 Å². The minimum absolute atomic E-state index is 0.0852. The van der Waals surface area contributed by atoms with Gasteiger partial charge in [-0.3, -0.25) is 4.79 Å². The van der Waals surface area contributed by atoms with Crippen molar-refractivity contribution in [3.8, 4) is 5.75 Å². The van der Waals surface area contributed by atoms with Crippen molar-refractivity contribution >= 4 is 39.1 Å². The Morgan fingerprint density at radius 2 is 1.88 bits per heavy atom. The Hall–Kier alpha value is -1.92. The van der Waals surface area contributed by atoms with Crippen LogP contribution >= 0.6 is 23.1 Å². The van der Waals surface area contributed by atoms with Gasteiger partial charge in [0.1, 0.15) is 21.4 Å². The van der Waals surface area contributed by atoms with Gasteiger partial charge in [-0.15, -0.1) is 11.3 Å². The quantitative estimate of drug-likeness (QED) is 0.347. The lowest BCUT2D eigenvalue weighted by Gasteiger charge is -2.06. The average molecular weight is 373 g/mol. The van der Waals surface area contributed by atoms with Crippen molar-refractivity contribution in [1.29, 1.82) is 0 Å². The third kappa shape index (κ3) is 3.85. The molecule has 0 radical (unpaired) electrons. The molecule has 3 aromatic rings. The number of carbonyl (C=O) groups excluding carboxylic acids is 1. The average Bonchev–Trinajstić information content (AvgIpc) is 2.87. The summed E-state index contributed by atoms with van der Waals surface area (Å²) in [6, 6.07) is 7.30. The second-order valence-electron chi connectivity index (χ2n) is 5.71. The van der Waals surface area contributed by atoms with Crippen LogP contribution in [0.4, 0.5) is 0 Å². The molecule has 0 aliphatic rings. The maximum atomic E-state index is 12.5. The number of Topliss-reactive ketones (excluding diaryl/α,β-unsaturated/α-hetero) is 1. The van der Waals surface area contributed by atoms with Crippen molar-refractivity contribution in [1.82, 2.24) is 9.97 Å². The highest BCUT2D eigenvalue weighted by Gasteiger charge is 2.15. The summed E-state index contributed by atoms with van der Waals surface area (Å²) in [7, 11) is 0. The molecule has 4 nitrogen and oxygen atoms in total. The normalized spacial score (nSPS) is 11.0. The molecule has 2 heterocycles. The maximum Gasteiger partial charge on any atom is 0.173 e. The summed E-state index contributed by atoms with van der Waals surface area (Å²) in [6.07, 6.45) is 0. The Bertz CT molecular complexity index is 917. The van der Waals surface area contributed by atoms with Crippen LogP contribution in [-0.4, -0.2) is 28.1 Å². The van der Waals surface area contributed by atoms with E-state index in [-0.39, 0.29) is 5.78 Å². The van der Waals surface area contributed by atoms with Crippen molar-refractivity contribution in [3.05, 3.63) is 46.1 Å². The van der Waals surface area contributed by atoms with Gasteiger partial charge < -0.3 is 4.74 Å². The number of aryl methyl sites for hydroxylation is 3. The van der Waals surface area contributed by atoms with E-state index in [9.17, 15) is 4.79 Å². The van der Waals surface area contributed by atoms with Gasteiger partial charge in [-0.1, -0.05) is 11.8 Å². The number of fused-ring (bicyclic) bond motifs is 1. The summed E-state index contributed by atoms with van der Waals surface area (Å²) >= 11 is 3.16. The molecule has 2 aromatic heterocycles. The van der Waals surface area contributed by atoms with Gasteiger partial charge in [-0.2, -0.15) is 0 Å². The van der Waals surface area contributed by atoms with Crippen LogP contribution in [-0.2, 0) is 0 Å². The Morgan fingerprint density at radius 1 is 1.16 bits per heavy atom. The summed E-state index contributed by atoms with van der Waals surface area (Å²) in [5.74, 6) is 1.96. The number of thioether (sulfide) groups is 1. The van der Waals surface area contributed by atoms with Gasteiger partial charge >= 0.3 is 0 Å².